The molecule has 0 amide bonds. The molecule has 6 nitrogen and oxygen atoms in total. The van der Waals surface area contributed by atoms with Crippen molar-refractivity contribution in [3.8, 4) is 16.6 Å². The number of nitrogens with one attached hydrogen (secondary N) is 1. The number of aromatic nitrogens is 2. The highest BCUT2D eigenvalue weighted by Crippen LogP contribution is 2.47. The van der Waals surface area contributed by atoms with Crippen LogP contribution in [0.15, 0.2) is 28.1 Å². The van der Waals surface area contributed by atoms with Crippen LogP contribution in [0, 0.1) is 34.5 Å². The highest BCUT2D eigenvalue weighted by atomic mass is 32.1. The van der Waals surface area contributed by atoms with Crippen LogP contribution in [0.25, 0.3) is 21.7 Å². The van der Waals surface area contributed by atoms with Crippen LogP contribution in [-0.2, 0) is 11.2 Å². The van der Waals surface area contributed by atoms with Crippen molar-refractivity contribution < 1.29 is 22.3 Å². The summed E-state index contributed by atoms with van der Waals surface area (Å²) in [4.78, 5) is 8.74. The highest BCUT2D eigenvalue weighted by Gasteiger charge is 2.44. The molecule has 2 aromatic heterocycles. The first-order valence-electron chi connectivity index (χ1n) is 10.8. The normalized spacial score (nSPS) is 23.3. The minimum Gasteiger partial charge on any atom is -0.440 e. The van der Waals surface area contributed by atoms with Gasteiger partial charge in [-0.3, -0.25) is 0 Å². The van der Waals surface area contributed by atoms with Gasteiger partial charge in [-0.15, -0.1) is 11.3 Å². The van der Waals surface area contributed by atoms with Crippen LogP contribution in [0.1, 0.15) is 43.2 Å². The van der Waals surface area contributed by atoms with Gasteiger partial charge in [-0.05, 0) is 61.1 Å². The predicted molar refractivity (Wildman–Crippen MR) is 116 cm³/mol. The molecular weight excluding hydrogens is 453 g/mol. The molecule has 1 N–H and O–H groups in total. The van der Waals surface area contributed by atoms with E-state index in [0.29, 0.717) is 51.7 Å². The number of hydrogen-bond donors (Lipinski definition) is 1. The zero-order valence-corrected chi connectivity index (χ0v) is 18.4. The Morgan fingerprint density at radius 2 is 2.06 bits per heavy atom. The Morgan fingerprint density at radius 1 is 1.27 bits per heavy atom. The average molecular weight is 475 g/mol. The number of hydrogen-bond acceptors (Lipinski definition) is 7. The Balaban J connectivity index is 1.45. The Kier molecular flexibility index (Phi) is 5.70. The van der Waals surface area contributed by atoms with Gasteiger partial charge in [0.25, 0.3) is 0 Å². The summed E-state index contributed by atoms with van der Waals surface area (Å²) >= 11 is 1.29. The van der Waals surface area contributed by atoms with Gasteiger partial charge < -0.3 is 14.6 Å². The molecule has 3 saturated carbocycles. The third kappa shape index (κ3) is 4.27. The average Bonchev–Trinajstić information content (AvgIpc) is 3.46. The number of rotatable bonds is 7. The second kappa shape index (κ2) is 8.54. The fourth-order valence-electron chi connectivity index (χ4n) is 5.06. The summed E-state index contributed by atoms with van der Waals surface area (Å²) < 4.78 is 51.9. The number of fused-ring (bicyclic) bond motifs is 3. The molecule has 0 spiro atoms. The standard InChI is InChI=1S/C23H21F3N4O2S/c24-23(25,26)21(31-5-3-27)15-10-16(22-29-4-6-33-22)20-17(11-15)30-18(32-20)2-1-12-7-13-9-14(8-12)19(13)28/h4,6,10-14,21,28H,1-2,5,7-9H2. The van der Waals surface area contributed by atoms with Crippen LogP contribution in [0.3, 0.4) is 0 Å². The number of thiazole rings is 1. The van der Waals surface area contributed by atoms with Crippen LogP contribution in [0.4, 0.5) is 13.2 Å². The van der Waals surface area contributed by atoms with E-state index in [1.54, 1.807) is 17.6 Å². The first kappa shape index (κ1) is 22.0. The molecule has 3 aliphatic carbocycles. The number of halogens is 3. The summed E-state index contributed by atoms with van der Waals surface area (Å²) in [6.45, 7) is -0.681. The van der Waals surface area contributed by atoms with Crippen molar-refractivity contribution in [2.24, 2.45) is 17.8 Å². The number of ether oxygens (including phenoxy) is 1. The molecule has 3 aromatic rings. The lowest BCUT2D eigenvalue weighted by Gasteiger charge is -2.46. The van der Waals surface area contributed by atoms with Gasteiger partial charge in [-0.1, -0.05) is 0 Å². The second-order valence-corrected chi connectivity index (χ2v) is 9.61. The van der Waals surface area contributed by atoms with Crippen LogP contribution in [0.5, 0.6) is 0 Å². The van der Waals surface area contributed by atoms with E-state index in [-0.39, 0.29) is 5.56 Å². The van der Waals surface area contributed by atoms with Crippen LogP contribution in [-0.4, -0.2) is 28.5 Å². The largest absolute Gasteiger partial charge is 0.440 e. The van der Waals surface area contributed by atoms with E-state index < -0.39 is 18.9 Å². The zero-order valence-electron chi connectivity index (χ0n) is 17.6. The summed E-state index contributed by atoms with van der Waals surface area (Å²) in [7, 11) is 0. The van der Waals surface area contributed by atoms with Crippen LogP contribution >= 0.6 is 11.3 Å². The van der Waals surface area contributed by atoms with Crippen molar-refractivity contribution in [3.05, 3.63) is 35.2 Å². The molecule has 0 saturated heterocycles. The van der Waals surface area contributed by atoms with Crippen molar-refractivity contribution in [2.45, 2.75) is 44.4 Å². The third-order valence-electron chi connectivity index (χ3n) is 6.58. The van der Waals surface area contributed by atoms with Gasteiger partial charge >= 0.3 is 6.18 Å². The van der Waals surface area contributed by atoms with Crippen LogP contribution in [0.2, 0.25) is 0 Å². The van der Waals surface area contributed by atoms with Gasteiger partial charge in [-0.25, -0.2) is 9.97 Å². The van der Waals surface area contributed by atoms with E-state index in [0.717, 1.165) is 31.4 Å². The summed E-state index contributed by atoms with van der Waals surface area (Å²) in [6, 6.07) is 4.29. The Hall–Kier alpha value is -2.77. The maximum atomic E-state index is 13.7. The van der Waals surface area contributed by atoms with E-state index in [9.17, 15) is 13.2 Å². The maximum Gasteiger partial charge on any atom is 0.418 e. The molecule has 10 heteroatoms. The molecule has 2 heterocycles. The lowest BCUT2D eigenvalue weighted by atomic mass is 9.59. The van der Waals surface area contributed by atoms with E-state index in [1.165, 1.54) is 23.5 Å². The van der Waals surface area contributed by atoms with Gasteiger partial charge in [0, 0.05) is 23.7 Å². The lowest BCUT2D eigenvalue weighted by Crippen LogP contribution is -2.44. The number of nitriles is 1. The Morgan fingerprint density at radius 3 is 2.70 bits per heavy atom. The Labute approximate surface area is 191 Å². The number of alkyl halides is 3. The van der Waals surface area contributed by atoms with E-state index in [4.69, 9.17) is 19.8 Å². The lowest BCUT2D eigenvalue weighted by molar-refractivity contribution is -0.220. The fourth-order valence-corrected chi connectivity index (χ4v) is 5.71. The summed E-state index contributed by atoms with van der Waals surface area (Å²) in [5, 5.41) is 19.0. The van der Waals surface area contributed by atoms with E-state index >= 15 is 0 Å². The molecule has 1 aromatic carbocycles. The van der Waals surface area contributed by atoms with Crippen molar-refractivity contribution in [1.82, 2.24) is 9.97 Å². The SMILES string of the molecule is N#CCOC(c1cc(-c2nccs2)c2oc(CCC3CC4CC(C3)C4=N)nc2c1)C(F)(F)F. The molecule has 3 atom stereocenters. The molecule has 2 bridgehead atoms. The summed E-state index contributed by atoms with van der Waals surface area (Å²) in [6.07, 6.45) is -0.713. The molecule has 3 fully saturated rings. The zero-order chi connectivity index (χ0) is 23.2. The number of aryl methyl sites for hydroxylation is 1. The molecule has 33 heavy (non-hydrogen) atoms. The maximum absolute atomic E-state index is 13.7. The van der Waals surface area contributed by atoms with Crippen molar-refractivity contribution in [2.75, 3.05) is 6.61 Å². The summed E-state index contributed by atoms with van der Waals surface area (Å²) in [5.41, 5.74) is 1.90. The summed E-state index contributed by atoms with van der Waals surface area (Å²) in [5.74, 6) is 1.84. The van der Waals surface area contributed by atoms with Gasteiger partial charge in [0.05, 0.1) is 11.6 Å². The minimum absolute atomic E-state index is 0.138. The van der Waals surface area contributed by atoms with Crippen molar-refractivity contribution in [3.63, 3.8) is 0 Å². The monoisotopic (exact) mass is 474 g/mol. The molecule has 172 valence electrons. The minimum atomic E-state index is -4.69. The Bertz CT molecular complexity index is 1200. The van der Waals surface area contributed by atoms with Crippen molar-refractivity contribution >= 4 is 28.1 Å². The quantitative estimate of drug-likeness (QED) is 0.447. The molecular formula is C23H21F3N4O2S. The molecule has 6 rings (SSSR count). The topological polar surface area (TPSA) is 95.8 Å². The van der Waals surface area contributed by atoms with Crippen molar-refractivity contribution in [1.29, 1.82) is 10.7 Å². The third-order valence-corrected chi connectivity index (χ3v) is 7.39. The van der Waals surface area contributed by atoms with E-state index in [1.807, 2.05) is 0 Å². The van der Waals surface area contributed by atoms with Gasteiger partial charge in [-0.2, -0.15) is 18.4 Å². The first-order valence-corrected chi connectivity index (χ1v) is 11.7. The van der Waals surface area contributed by atoms with Gasteiger partial charge in [0.15, 0.2) is 17.6 Å². The number of benzene rings is 1. The highest BCUT2D eigenvalue weighted by molar-refractivity contribution is 7.13. The molecule has 0 aliphatic heterocycles. The predicted octanol–water partition coefficient (Wildman–Crippen LogP) is 6.09. The number of oxazole rings is 1. The molecule has 3 unspecified atom stereocenters. The second-order valence-electron chi connectivity index (χ2n) is 8.71. The smallest absolute Gasteiger partial charge is 0.418 e. The van der Waals surface area contributed by atoms with Gasteiger partial charge in [0.1, 0.15) is 17.1 Å². The van der Waals surface area contributed by atoms with Gasteiger partial charge in [0.2, 0.25) is 0 Å². The molecule has 3 aliphatic rings. The molecule has 0 radical (unpaired) electrons. The number of nitrogens with zero attached hydrogens (tertiary/aromatic N) is 3. The van der Waals surface area contributed by atoms with Crippen LogP contribution < -0.4 is 0 Å². The van der Waals surface area contributed by atoms with E-state index in [2.05, 4.69) is 9.97 Å². The fraction of sp³-hybridized carbons (Fsp3) is 0.478. The first-order chi connectivity index (χ1) is 15.8.